The van der Waals surface area contributed by atoms with Crippen LogP contribution in [0.15, 0.2) is 0 Å². The van der Waals surface area contributed by atoms with Crippen molar-refractivity contribution < 1.29 is 62.4 Å². The van der Waals surface area contributed by atoms with Gasteiger partial charge in [-0.25, -0.2) is 0 Å². The number of hydrogen-bond acceptors (Lipinski definition) is 0. The minimum atomic E-state index is 0. The zero-order chi connectivity index (χ0) is 0. The van der Waals surface area contributed by atoms with E-state index in [1.165, 1.54) is 0 Å². The largest absolute Gasteiger partial charge is 0.187 e. The van der Waals surface area contributed by atoms with E-state index in [-0.39, 0.29) is 79.8 Å². The maximum absolute atomic E-state index is 0. The Labute approximate surface area is 78.6 Å². The molecule has 0 rings (SSSR count). The maximum Gasteiger partial charge on any atom is 0.187 e. The van der Waals surface area contributed by atoms with Gasteiger partial charge in [0.05, 0.1) is 0 Å². The predicted octanol–water partition coefficient (Wildman–Crippen LogP) is -1.19. The van der Waals surface area contributed by atoms with E-state index in [2.05, 4.69) is 0 Å². The average molecular weight is 195 g/mol. The van der Waals surface area contributed by atoms with Crippen LogP contribution in [-0.4, -0.2) is 17.4 Å². The first-order valence-corrected chi connectivity index (χ1v) is 0. The van der Waals surface area contributed by atoms with Gasteiger partial charge in [-0.05, 0) is 0 Å². The molecule has 0 N–H and O–H groups in total. The topological polar surface area (TPSA) is 0 Å². The Morgan fingerprint density at radius 3 is 1.00 bits per heavy atom. The first kappa shape index (κ1) is 31.1. The molecule has 4 heavy (non-hydrogen) atoms. The molecule has 0 aliphatic heterocycles. The summed E-state index contributed by atoms with van der Waals surface area (Å²) in [6, 6.07) is 0. The Bertz CT molecular complexity index is 8.00. The van der Waals surface area contributed by atoms with Crippen LogP contribution in [0.2, 0.25) is 0 Å². The first-order valence-electron chi connectivity index (χ1n) is 0. The van der Waals surface area contributed by atoms with Gasteiger partial charge >= 0.3 is 0 Å². The van der Waals surface area contributed by atoms with Crippen LogP contribution in [0, 0.1) is 0 Å². The molecule has 0 spiro atoms. The van der Waals surface area contributed by atoms with Crippen molar-refractivity contribution in [2.24, 2.45) is 0 Å². The molecule has 0 fully saturated rings. The molecule has 0 aromatic rings. The van der Waals surface area contributed by atoms with E-state index < -0.39 is 0 Å². The van der Waals surface area contributed by atoms with Crippen molar-refractivity contribution in [2.75, 3.05) is 0 Å². The van der Waals surface area contributed by atoms with Crippen molar-refractivity contribution >= 4 is 17.4 Å². The van der Waals surface area contributed by atoms with Crippen LogP contribution in [0.4, 0.5) is 0 Å². The summed E-state index contributed by atoms with van der Waals surface area (Å²) in [6.45, 7) is 0. The minimum absolute atomic E-state index is 0. The Kier molecular flexibility index (Phi) is 137. The summed E-state index contributed by atoms with van der Waals surface area (Å²) in [4.78, 5) is 0. The van der Waals surface area contributed by atoms with Gasteiger partial charge in [-0.15, -0.1) is 0 Å². The summed E-state index contributed by atoms with van der Waals surface area (Å²) in [5, 5.41) is 0. The van der Waals surface area contributed by atoms with E-state index in [1.54, 1.807) is 0 Å². The standard InChI is InChI=1S/Al.Mn.Sc.Zn.3H. The molecule has 0 bridgehead atoms. The molecular formula is H3AlMnScZn. The van der Waals surface area contributed by atoms with Gasteiger partial charge < -0.3 is 0 Å². The quantitative estimate of drug-likeness (QED) is 0.426. The van der Waals surface area contributed by atoms with Gasteiger partial charge in [0.2, 0.25) is 0 Å². The second-order valence-corrected chi connectivity index (χ2v) is 0. The van der Waals surface area contributed by atoms with Crippen molar-refractivity contribution in [3.05, 3.63) is 0 Å². The molecule has 0 nitrogen and oxygen atoms in total. The SMILES string of the molecule is [AlH3].[Mn].[Sc].[Zn]. The third-order valence-electron chi connectivity index (χ3n) is 0. The van der Waals surface area contributed by atoms with Crippen molar-refractivity contribution in [3.8, 4) is 0 Å². The van der Waals surface area contributed by atoms with E-state index in [4.69, 9.17) is 0 Å². The van der Waals surface area contributed by atoms with E-state index >= 15 is 0 Å². The molecule has 0 saturated heterocycles. The molecular weight excluding hydrogens is 192 g/mol. The van der Waals surface area contributed by atoms with E-state index in [0.29, 0.717) is 0 Å². The van der Waals surface area contributed by atoms with Crippen LogP contribution < -0.4 is 0 Å². The van der Waals surface area contributed by atoms with E-state index in [1.807, 2.05) is 0 Å². The Morgan fingerprint density at radius 1 is 1.00 bits per heavy atom. The van der Waals surface area contributed by atoms with Gasteiger partial charge in [-0.3, -0.25) is 0 Å². The van der Waals surface area contributed by atoms with Gasteiger partial charge in [-0.1, -0.05) is 0 Å². The zero-order valence-corrected chi connectivity index (χ0v) is 7.61. The third-order valence-corrected chi connectivity index (χ3v) is 0. The Hall–Kier alpha value is 2.55. The van der Waals surface area contributed by atoms with Crippen molar-refractivity contribution in [3.63, 3.8) is 0 Å². The summed E-state index contributed by atoms with van der Waals surface area (Å²) >= 11 is 0. The molecule has 0 heterocycles. The van der Waals surface area contributed by atoms with Gasteiger partial charge in [0.15, 0.2) is 17.4 Å². The fourth-order valence-electron chi connectivity index (χ4n) is 0. The average Bonchev–Trinajstić information content (AvgIpc) is 0. The van der Waals surface area contributed by atoms with Crippen molar-refractivity contribution in [1.82, 2.24) is 0 Å². The summed E-state index contributed by atoms with van der Waals surface area (Å²) < 4.78 is 0. The van der Waals surface area contributed by atoms with E-state index in [0.717, 1.165) is 0 Å². The molecule has 18 valence electrons. The normalized spacial score (nSPS) is 0. The molecule has 0 aromatic carbocycles. The van der Waals surface area contributed by atoms with Crippen LogP contribution >= 0.6 is 0 Å². The number of hydrogen-bond donors (Lipinski definition) is 0. The van der Waals surface area contributed by atoms with Crippen LogP contribution in [0.1, 0.15) is 0 Å². The Morgan fingerprint density at radius 2 is 1.00 bits per heavy atom. The molecule has 0 aliphatic rings. The smallest absolute Gasteiger partial charge is 0 e. The van der Waals surface area contributed by atoms with Crippen LogP contribution in [0.3, 0.4) is 0 Å². The molecule has 2 radical (unpaired) electrons. The van der Waals surface area contributed by atoms with Gasteiger partial charge in [0, 0.05) is 62.4 Å². The third kappa shape index (κ3) is 8.82. The summed E-state index contributed by atoms with van der Waals surface area (Å²) in [5.41, 5.74) is 0. The van der Waals surface area contributed by atoms with Gasteiger partial charge in [-0.2, -0.15) is 0 Å². The summed E-state index contributed by atoms with van der Waals surface area (Å²) in [7, 11) is 0. The minimum Gasteiger partial charge on any atom is 0 e. The zero-order valence-electron chi connectivity index (χ0n) is 1.66. The molecule has 0 amide bonds. The molecule has 0 aromatic heterocycles. The van der Waals surface area contributed by atoms with Crippen LogP contribution in [0.5, 0.6) is 0 Å². The predicted molar refractivity (Wildman–Crippen MR) is 9.94 cm³/mol. The molecule has 0 aliphatic carbocycles. The second-order valence-electron chi connectivity index (χ2n) is 0. The fraction of sp³-hybridized carbons (Fsp3) is 0. The van der Waals surface area contributed by atoms with E-state index in [9.17, 15) is 0 Å². The molecule has 0 atom stereocenters. The monoisotopic (exact) mass is 194 g/mol. The van der Waals surface area contributed by atoms with Crippen molar-refractivity contribution in [2.45, 2.75) is 0 Å². The summed E-state index contributed by atoms with van der Waals surface area (Å²) in [6.07, 6.45) is 0. The Balaban J connectivity index is 0. The van der Waals surface area contributed by atoms with Gasteiger partial charge in [0.25, 0.3) is 0 Å². The van der Waals surface area contributed by atoms with Crippen molar-refractivity contribution in [1.29, 1.82) is 0 Å². The number of rotatable bonds is 0. The fourth-order valence-corrected chi connectivity index (χ4v) is 0. The summed E-state index contributed by atoms with van der Waals surface area (Å²) in [5.74, 6) is 0. The molecule has 4 heteroatoms. The van der Waals surface area contributed by atoms with Crippen LogP contribution in [-0.2, 0) is 62.4 Å². The second kappa shape index (κ2) is 17.7. The van der Waals surface area contributed by atoms with Crippen LogP contribution in [0.25, 0.3) is 0 Å². The molecule has 0 saturated carbocycles. The molecule has 0 unspecified atom stereocenters. The maximum atomic E-state index is 0. The first-order chi connectivity index (χ1) is 0. The van der Waals surface area contributed by atoms with Gasteiger partial charge in [0.1, 0.15) is 0 Å².